The molecule has 0 aliphatic heterocycles. The summed E-state index contributed by atoms with van der Waals surface area (Å²) in [5.74, 6) is -1.23. The maximum atomic E-state index is 11.8. The van der Waals surface area contributed by atoms with Crippen molar-refractivity contribution in [1.29, 1.82) is 0 Å². The molecule has 140 valence electrons. The molecule has 0 aliphatic rings. The zero-order valence-electron chi connectivity index (χ0n) is 15.7. The average molecular weight is 340 g/mol. The van der Waals surface area contributed by atoms with Crippen molar-refractivity contribution >= 4 is 11.9 Å². The summed E-state index contributed by atoms with van der Waals surface area (Å²) in [6.45, 7) is 4.33. The first-order chi connectivity index (χ1) is 11.6. The summed E-state index contributed by atoms with van der Waals surface area (Å²) < 4.78 is 0. The van der Waals surface area contributed by atoms with E-state index in [2.05, 4.69) is 19.2 Å². The number of carbonyl (C=O) groups is 2. The van der Waals surface area contributed by atoms with E-state index >= 15 is 0 Å². The number of rotatable bonds is 16. The zero-order chi connectivity index (χ0) is 18.0. The van der Waals surface area contributed by atoms with E-state index in [1.54, 1.807) is 6.08 Å². The standard InChI is InChI=1S/C20H37NO3/c1-3-5-7-9-10-11-12-13-15-17-19(22)21-18(20(23)24)16-14-8-6-4-2/h16H,3-15,17H2,1-2H3,(H,21,22)(H,23,24). The van der Waals surface area contributed by atoms with Crippen molar-refractivity contribution in [3.05, 3.63) is 11.8 Å². The van der Waals surface area contributed by atoms with Gasteiger partial charge < -0.3 is 10.4 Å². The van der Waals surface area contributed by atoms with Gasteiger partial charge in [0.25, 0.3) is 0 Å². The van der Waals surface area contributed by atoms with Gasteiger partial charge in [-0.05, 0) is 19.3 Å². The zero-order valence-corrected chi connectivity index (χ0v) is 15.7. The molecule has 1 amide bonds. The van der Waals surface area contributed by atoms with E-state index in [1.165, 1.54) is 38.5 Å². The van der Waals surface area contributed by atoms with Gasteiger partial charge in [-0.2, -0.15) is 0 Å². The number of aliphatic carboxylic acids is 1. The number of nitrogens with one attached hydrogen (secondary N) is 1. The molecule has 4 nitrogen and oxygen atoms in total. The van der Waals surface area contributed by atoms with Gasteiger partial charge in [-0.3, -0.25) is 4.79 Å². The van der Waals surface area contributed by atoms with Crippen LogP contribution in [0.15, 0.2) is 11.8 Å². The summed E-state index contributed by atoms with van der Waals surface area (Å²) >= 11 is 0. The second kappa shape index (κ2) is 16.5. The van der Waals surface area contributed by atoms with Crippen LogP contribution in [0.4, 0.5) is 0 Å². The Labute approximate surface area is 148 Å². The van der Waals surface area contributed by atoms with Gasteiger partial charge in [-0.1, -0.05) is 84.1 Å². The van der Waals surface area contributed by atoms with Gasteiger partial charge in [-0.15, -0.1) is 0 Å². The SMILES string of the molecule is CCCCCC=C(NC(=O)CCCCCCCCCCC)C(=O)O. The fourth-order valence-corrected chi connectivity index (χ4v) is 2.64. The smallest absolute Gasteiger partial charge is 0.352 e. The highest BCUT2D eigenvalue weighted by molar-refractivity contribution is 5.92. The molecule has 0 radical (unpaired) electrons. The van der Waals surface area contributed by atoms with Gasteiger partial charge in [-0.25, -0.2) is 4.79 Å². The van der Waals surface area contributed by atoms with Crippen LogP contribution >= 0.6 is 0 Å². The van der Waals surface area contributed by atoms with Gasteiger partial charge >= 0.3 is 5.97 Å². The van der Waals surface area contributed by atoms with Crippen LogP contribution < -0.4 is 5.32 Å². The molecule has 0 fully saturated rings. The summed E-state index contributed by atoms with van der Waals surface area (Å²) in [6, 6.07) is 0. The van der Waals surface area contributed by atoms with E-state index < -0.39 is 5.97 Å². The maximum Gasteiger partial charge on any atom is 0.352 e. The first kappa shape index (κ1) is 22.7. The van der Waals surface area contributed by atoms with E-state index in [4.69, 9.17) is 5.11 Å². The van der Waals surface area contributed by atoms with E-state index in [0.717, 1.165) is 38.5 Å². The molecule has 0 heterocycles. The normalized spacial score (nSPS) is 11.5. The minimum absolute atomic E-state index is 0.0343. The second-order valence-electron chi connectivity index (χ2n) is 6.55. The Balaban J connectivity index is 3.75. The van der Waals surface area contributed by atoms with Crippen molar-refractivity contribution in [3.8, 4) is 0 Å². The van der Waals surface area contributed by atoms with E-state index in [9.17, 15) is 9.59 Å². The molecule has 0 bridgehead atoms. The molecule has 0 unspecified atom stereocenters. The predicted octanol–water partition coefficient (Wildman–Crippen LogP) is 5.57. The molecule has 0 rings (SSSR count). The molecular weight excluding hydrogens is 302 g/mol. The first-order valence-electron chi connectivity index (χ1n) is 9.85. The molecule has 0 aromatic carbocycles. The predicted molar refractivity (Wildman–Crippen MR) is 99.8 cm³/mol. The van der Waals surface area contributed by atoms with E-state index in [-0.39, 0.29) is 11.6 Å². The number of carboxylic acid groups (broad SMARTS) is 1. The van der Waals surface area contributed by atoms with Gasteiger partial charge in [0.05, 0.1) is 0 Å². The van der Waals surface area contributed by atoms with Crippen LogP contribution in [-0.4, -0.2) is 17.0 Å². The third-order valence-corrected chi connectivity index (χ3v) is 4.17. The molecule has 24 heavy (non-hydrogen) atoms. The molecular formula is C20H37NO3. The van der Waals surface area contributed by atoms with E-state index in [1.807, 2.05) is 0 Å². The number of hydrogen-bond donors (Lipinski definition) is 2. The maximum absolute atomic E-state index is 11.8. The summed E-state index contributed by atoms with van der Waals surface area (Å²) in [4.78, 5) is 23.0. The van der Waals surface area contributed by atoms with Crippen molar-refractivity contribution in [2.75, 3.05) is 0 Å². The highest BCUT2D eigenvalue weighted by atomic mass is 16.4. The van der Waals surface area contributed by atoms with Crippen molar-refractivity contribution in [3.63, 3.8) is 0 Å². The van der Waals surface area contributed by atoms with Gasteiger partial charge in [0.15, 0.2) is 0 Å². The average Bonchev–Trinajstić information content (AvgIpc) is 2.56. The Bertz CT molecular complexity index is 364. The largest absolute Gasteiger partial charge is 0.477 e. The van der Waals surface area contributed by atoms with Crippen LogP contribution in [0.1, 0.15) is 104 Å². The van der Waals surface area contributed by atoms with Crippen molar-refractivity contribution < 1.29 is 14.7 Å². The van der Waals surface area contributed by atoms with Crippen LogP contribution in [0.5, 0.6) is 0 Å². The Morgan fingerprint density at radius 1 is 0.792 bits per heavy atom. The lowest BCUT2D eigenvalue weighted by molar-refractivity contribution is -0.134. The molecule has 0 spiro atoms. The number of amides is 1. The Morgan fingerprint density at radius 3 is 1.83 bits per heavy atom. The molecule has 0 aromatic heterocycles. The van der Waals surface area contributed by atoms with Crippen molar-refractivity contribution in [2.24, 2.45) is 0 Å². The lowest BCUT2D eigenvalue weighted by Gasteiger charge is -2.06. The van der Waals surface area contributed by atoms with Crippen LogP contribution in [-0.2, 0) is 9.59 Å². The van der Waals surface area contributed by atoms with E-state index in [0.29, 0.717) is 12.8 Å². The third kappa shape index (κ3) is 14.3. The topological polar surface area (TPSA) is 66.4 Å². The number of hydrogen-bond acceptors (Lipinski definition) is 2. The van der Waals surface area contributed by atoms with Crippen LogP contribution in [0.2, 0.25) is 0 Å². The lowest BCUT2D eigenvalue weighted by atomic mass is 10.1. The number of carbonyl (C=O) groups excluding carboxylic acids is 1. The Morgan fingerprint density at radius 2 is 1.29 bits per heavy atom. The minimum Gasteiger partial charge on any atom is -0.477 e. The Kier molecular flexibility index (Phi) is 15.6. The lowest BCUT2D eigenvalue weighted by Crippen LogP contribution is -2.27. The van der Waals surface area contributed by atoms with Gasteiger partial charge in [0.2, 0.25) is 5.91 Å². The highest BCUT2D eigenvalue weighted by Gasteiger charge is 2.10. The molecule has 0 aliphatic carbocycles. The second-order valence-corrected chi connectivity index (χ2v) is 6.55. The minimum atomic E-state index is -1.05. The fourth-order valence-electron chi connectivity index (χ4n) is 2.64. The van der Waals surface area contributed by atoms with Gasteiger partial charge in [0, 0.05) is 6.42 Å². The fraction of sp³-hybridized carbons (Fsp3) is 0.800. The summed E-state index contributed by atoms with van der Waals surface area (Å²) in [7, 11) is 0. The summed E-state index contributed by atoms with van der Waals surface area (Å²) in [5.41, 5.74) is 0.0343. The van der Waals surface area contributed by atoms with Crippen molar-refractivity contribution in [1.82, 2.24) is 5.32 Å². The third-order valence-electron chi connectivity index (χ3n) is 4.17. The molecule has 0 saturated carbocycles. The summed E-state index contributed by atoms with van der Waals surface area (Å²) in [5, 5.41) is 11.7. The Hall–Kier alpha value is -1.32. The van der Waals surface area contributed by atoms with Gasteiger partial charge in [0.1, 0.15) is 5.70 Å². The molecule has 0 aromatic rings. The molecule has 4 heteroatoms. The summed E-state index contributed by atoms with van der Waals surface area (Å²) in [6.07, 6.45) is 16.7. The van der Waals surface area contributed by atoms with Crippen LogP contribution in [0.25, 0.3) is 0 Å². The molecule has 0 atom stereocenters. The number of carboxylic acids is 1. The van der Waals surface area contributed by atoms with Crippen LogP contribution in [0.3, 0.4) is 0 Å². The quantitative estimate of drug-likeness (QED) is 0.285. The molecule has 2 N–H and O–H groups in total. The highest BCUT2D eigenvalue weighted by Crippen LogP contribution is 2.10. The van der Waals surface area contributed by atoms with Crippen molar-refractivity contribution in [2.45, 2.75) is 104 Å². The van der Waals surface area contributed by atoms with Crippen LogP contribution in [0, 0.1) is 0 Å². The number of unbranched alkanes of at least 4 members (excludes halogenated alkanes) is 11. The molecule has 0 saturated heterocycles. The monoisotopic (exact) mass is 339 g/mol. The first-order valence-corrected chi connectivity index (χ1v) is 9.85. The number of allylic oxidation sites excluding steroid dienone is 1.